The van der Waals surface area contributed by atoms with E-state index >= 15 is 0 Å². The van der Waals surface area contributed by atoms with Crippen LogP contribution < -0.4 is 18.9 Å². The Balaban J connectivity index is 0.000000308. The van der Waals surface area contributed by atoms with Crippen LogP contribution in [0.5, 0.6) is 0 Å². The molecule has 8 rings (SSSR count). The standard InChI is InChI=1S/C31H32N2O3.C30H30N2O3.Li.2H2O/c1-32(21-12-15-24-13-6-3-7-14-24)27-20-22-33(28(23-27)31(35)36-2)30(34)29(25-16-8-4-9-17-25)26-18-10-5-11-19-26;1-31(20-11-14-23-12-5-2-6-13-23)26-19-21-32(27(22-26)30(34)35)29(33)28(24-15-7-3-8-16-24)25-17-9-4-10-18-25;;;/h3-11,13-14,16-19,27-29H,20-23H2,1-2H3;2-10,12-13,15-18,26-28H,19-22H2,1H3,(H,34,35);;2*1H2/q;;+1;;/p-1/t27-,28+;26-,27+;;;/m11.../s1. The summed E-state index contributed by atoms with van der Waals surface area (Å²) in [6, 6.07) is 57.0. The third kappa shape index (κ3) is 15.9. The minimum atomic E-state index is -0.966. The summed E-state index contributed by atoms with van der Waals surface area (Å²) in [5.74, 6) is 10.2. The summed E-state index contributed by atoms with van der Waals surface area (Å²) in [6.45, 7) is 2.00. The van der Waals surface area contributed by atoms with E-state index in [-0.39, 0.29) is 59.7 Å². The summed E-state index contributed by atoms with van der Waals surface area (Å²) in [5.41, 5.74) is 5.48. The van der Waals surface area contributed by atoms with Crippen LogP contribution in [-0.4, -0.2) is 131 Å². The molecule has 0 bridgehead atoms. The van der Waals surface area contributed by atoms with Crippen LogP contribution in [0.3, 0.4) is 0 Å². The molecule has 12 nitrogen and oxygen atoms in total. The molecule has 13 heteroatoms. The Kier molecular flexibility index (Phi) is 24.1. The number of carboxylic acids is 1. The van der Waals surface area contributed by atoms with Crippen LogP contribution in [-0.2, 0) is 23.9 Å². The molecule has 6 aromatic rings. The molecule has 2 heterocycles. The van der Waals surface area contributed by atoms with Crippen molar-refractivity contribution in [3.63, 3.8) is 0 Å². The quantitative estimate of drug-likeness (QED) is 0.105. The van der Waals surface area contributed by atoms with E-state index in [1.165, 1.54) is 7.11 Å². The molecule has 378 valence electrons. The Hall–Kier alpha value is -7.24. The monoisotopic (exact) mass is 988 g/mol. The van der Waals surface area contributed by atoms with Gasteiger partial charge in [-0.25, -0.2) is 9.59 Å². The topological polar surface area (TPSA) is 172 Å². The van der Waals surface area contributed by atoms with Gasteiger partial charge in [0.15, 0.2) is 0 Å². The van der Waals surface area contributed by atoms with E-state index in [0.29, 0.717) is 45.4 Å². The van der Waals surface area contributed by atoms with Gasteiger partial charge in [-0.05, 0) is 86.3 Å². The second-order valence-electron chi connectivity index (χ2n) is 18.0. The SMILES string of the molecule is CN(CC#Cc1ccccc1)[C@@H]1CCN(C(=O)C(c2ccccc2)c2ccccc2)[C@H](C(=O)O)C1.COC(=O)[C@@H]1C[C@H](N(C)CC#Cc2ccccc2)CCN1C(=O)C(c1ccccc1)c1ccccc1.O.[Li+].[OH-]. The van der Waals surface area contributed by atoms with Gasteiger partial charge in [-0.15, -0.1) is 0 Å². The molecular weight excluding hydrogens is 924 g/mol. The number of hydrogen-bond acceptors (Lipinski definition) is 8. The van der Waals surface area contributed by atoms with Crippen LogP contribution in [0.15, 0.2) is 182 Å². The molecular formula is C61H65LiN4O8. The van der Waals surface area contributed by atoms with Gasteiger partial charge in [0.25, 0.3) is 0 Å². The van der Waals surface area contributed by atoms with Crippen molar-refractivity contribution < 1.29 is 58.8 Å². The number of rotatable bonds is 12. The van der Waals surface area contributed by atoms with Crippen LogP contribution in [0.2, 0.25) is 0 Å². The van der Waals surface area contributed by atoms with Crippen molar-refractivity contribution in [3.8, 4) is 23.7 Å². The first-order valence-electron chi connectivity index (χ1n) is 24.2. The molecule has 0 spiro atoms. The van der Waals surface area contributed by atoms with Gasteiger partial charge < -0.3 is 30.6 Å². The molecule has 0 aliphatic carbocycles. The number of carboxylic acid groups (broad SMARTS) is 1. The van der Waals surface area contributed by atoms with Gasteiger partial charge in [0.1, 0.15) is 12.1 Å². The van der Waals surface area contributed by atoms with Crippen molar-refractivity contribution in [2.45, 2.75) is 61.7 Å². The van der Waals surface area contributed by atoms with Crippen molar-refractivity contribution in [3.05, 3.63) is 215 Å². The third-order valence-electron chi connectivity index (χ3n) is 13.4. The largest absolute Gasteiger partial charge is 1.00 e. The van der Waals surface area contributed by atoms with Crippen LogP contribution >= 0.6 is 0 Å². The number of carbonyl (C=O) groups excluding carboxylic acids is 3. The van der Waals surface area contributed by atoms with E-state index in [0.717, 1.165) is 39.8 Å². The summed E-state index contributed by atoms with van der Waals surface area (Å²) in [6.07, 6.45) is 2.35. The molecule has 4 atom stereocenters. The molecule has 0 unspecified atom stereocenters. The maximum absolute atomic E-state index is 14.0. The first-order chi connectivity index (χ1) is 34.6. The normalized spacial score (nSPS) is 16.8. The Labute approximate surface area is 448 Å². The third-order valence-corrected chi connectivity index (χ3v) is 13.4. The number of nitrogens with zero attached hydrogens (tertiary/aromatic N) is 4. The fraction of sp³-hybridized carbons (Fsp3) is 0.279. The Morgan fingerprint density at radius 2 is 0.838 bits per heavy atom. The molecule has 4 N–H and O–H groups in total. The zero-order valence-electron chi connectivity index (χ0n) is 42.7. The van der Waals surface area contributed by atoms with Gasteiger partial charge in [0.2, 0.25) is 11.8 Å². The molecule has 2 aliphatic heterocycles. The Morgan fingerprint density at radius 3 is 1.15 bits per heavy atom. The van der Waals surface area contributed by atoms with Crippen molar-refractivity contribution in [2.24, 2.45) is 0 Å². The maximum atomic E-state index is 14.0. The summed E-state index contributed by atoms with van der Waals surface area (Å²) in [7, 11) is 5.37. The second-order valence-corrected chi connectivity index (χ2v) is 18.0. The molecule has 0 saturated carbocycles. The van der Waals surface area contributed by atoms with E-state index in [1.54, 1.807) is 9.80 Å². The summed E-state index contributed by atoms with van der Waals surface area (Å²) >= 11 is 0. The molecule has 6 aromatic carbocycles. The van der Waals surface area contributed by atoms with Gasteiger partial charge in [-0.3, -0.25) is 19.4 Å². The Morgan fingerprint density at radius 1 is 0.541 bits per heavy atom. The number of methoxy groups -OCH3 is 1. The number of piperidine rings is 2. The van der Waals surface area contributed by atoms with Crippen molar-refractivity contribution in [2.75, 3.05) is 47.4 Å². The van der Waals surface area contributed by atoms with Gasteiger partial charge in [0, 0.05) is 36.3 Å². The fourth-order valence-electron chi connectivity index (χ4n) is 9.52. The first kappa shape index (κ1) is 59.3. The number of esters is 1. The second kappa shape index (κ2) is 30.1. The molecule has 0 radical (unpaired) electrons. The van der Waals surface area contributed by atoms with E-state index in [2.05, 4.69) is 33.5 Å². The number of ether oxygens (including phenoxy) is 1. The van der Waals surface area contributed by atoms with Gasteiger partial charge in [-0.1, -0.05) is 181 Å². The van der Waals surface area contributed by atoms with Gasteiger partial charge in [-0.2, -0.15) is 0 Å². The molecule has 74 heavy (non-hydrogen) atoms. The average Bonchev–Trinajstić information content (AvgIpc) is 3.42. The first-order valence-corrected chi connectivity index (χ1v) is 24.2. The smallest absolute Gasteiger partial charge is 0.870 e. The van der Waals surface area contributed by atoms with Gasteiger partial charge in [0.05, 0.1) is 32.0 Å². The number of amides is 2. The minimum Gasteiger partial charge on any atom is -0.870 e. The van der Waals surface area contributed by atoms with E-state index < -0.39 is 29.9 Å². The van der Waals surface area contributed by atoms with Crippen molar-refractivity contribution in [1.82, 2.24) is 19.6 Å². The maximum Gasteiger partial charge on any atom is 1.00 e. The number of likely N-dealkylation sites (tertiary alicyclic amines) is 2. The van der Waals surface area contributed by atoms with E-state index in [9.17, 15) is 24.3 Å². The summed E-state index contributed by atoms with van der Waals surface area (Å²) < 4.78 is 5.15. The van der Waals surface area contributed by atoms with Crippen LogP contribution in [0, 0.1) is 23.7 Å². The average molecular weight is 989 g/mol. The summed E-state index contributed by atoms with van der Waals surface area (Å²) in [5, 5.41) is 10.1. The van der Waals surface area contributed by atoms with Crippen LogP contribution in [0.4, 0.5) is 0 Å². The fourth-order valence-corrected chi connectivity index (χ4v) is 9.52. The van der Waals surface area contributed by atoms with Crippen LogP contribution in [0.1, 0.15) is 70.9 Å². The van der Waals surface area contributed by atoms with Gasteiger partial charge >= 0.3 is 30.8 Å². The van der Waals surface area contributed by atoms with Crippen molar-refractivity contribution >= 4 is 23.8 Å². The number of hydrogen-bond donors (Lipinski definition) is 1. The molecule has 2 saturated heterocycles. The number of benzene rings is 6. The predicted molar refractivity (Wildman–Crippen MR) is 284 cm³/mol. The Bertz CT molecular complexity index is 2710. The summed E-state index contributed by atoms with van der Waals surface area (Å²) in [4.78, 5) is 60.6. The minimum absolute atomic E-state index is 0. The molecule has 2 amide bonds. The van der Waals surface area contributed by atoms with Crippen molar-refractivity contribution in [1.29, 1.82) is 0 Å². The van der Waals surface area contributed by atoms with Crippen LogP contribution in [0.25, 0.3) is 0 Å². The zero-order valence-corrected chi connectivity index (χ0v) is 42.7. The number of carbonyl (C=O) groups is 4. The van der Waals surface area contributed by atoms with E-state index in [1.807, 2.05) is 196 Å². The zero-order chi connectivity index (χ0) is 50.0. The molecule has 2 fully saturated rings. The van der Waals surface area contributed by atoms with E-state index in [4.69, 9.17) is 4.74 Å². The molecule has 2 aliphatic rings. The predicted octanol–water partition coefficient (Wildman–Crippen LogP) is 4.58. The molecule has 0 aromatic heterocycles. The number of aliphatic carboxylic acids is 1.